The Morgan fingerprint density at radius 1 is 1.23 bits per heavy atom. The molecule has 4 nitrogen and oxygen atoms in total. The first kappa shape index (κ1) is 18.7. The van der Waals surface area contributed by atoms with Crippen LogP contribution in [-0.2, 0) is 6.42 Å². The van der Waals surface area contributed by atoms with E-state index in [4.69, 9.17) is 21.6 Å². The van der Waals surface area contributed by atoms with E-state index in [2.05, 4.69) is 29.2 Å². The van der Waals surface area contributed by atoms with Gasteiger partial charge in [-0.05, 0) is 43.0 Å². The third-order valence-corrected chi connectivity index (χ3v) is 5.04. The Bertz CT molecular complexity index is 760. The summed E-state index contributed by atoms with van der Waals surface area (Å²) in [5.74, 6) is 1.05. The monoisotopic (exact) mass is 370 g/mol. The van der Waals surface area contributed by atoms with Crippen LogP contribution in [0.1, 0.15) is 17.5 Å². The number of β-amino-alcohol motifs (C(OH)–C–C–N with tert-alkyl or cyclic N) is 1. The third-order valence-electron chi connectivity index (χ3n) is 4.72. The summed E-state index contributed by atoms with van der Waals surface area (Å²) in [6.07, 6.45) is 1.63. The summed E-state index contributed by atoms with van der Waals surface area (Å²) in [4.78, 5) is 2.28. The lowest BCUT2D eigenvalue weighted by molar-refractivity contribution is 0.0746. The molecule has 2 aromatic rings. The first-order chi connectivity index (χ1) is 12.7. The average Bonchev–Trinajstić information content (AvgIpc) is 3.07. The van der Waals surface area contributed by atoms with Crippen molar-refractivity contribution in [1.82, 2.24) is 4.90 Å². The van der Waals surface area contributed by atoms with Crippen molar-refractivity contribution in [3.63, 3.8) is 0 Å². The minimum absolute atomic E-state index is 0.148. The molecule has 136 valence electrons. The highest BCUT2D eigenvalue weighted by atomic mass is 35.5. The van der Waals surface area contributed by atoms with Crippen molar-refractivity contribution in [1.29, 1.82) is 5.26 Å². The second kappa shape index (κ2) is 9.05. The van der Waals surface area contributed by atoms with E-state index in [1.165, 1.54) is 5.56 Å². The predicted molar refractivity (Wildman–Crippen MR) is 102 cm³/mol. The predicted octanol–water partition coefficient (Wildman–Crippen LogP) is 3.52. The molecule has 2 aromatic carbocycles. The number of ether oxygens (including phenoxy) is 1. The largest absolute Gasteiger partial charge is 0.489 e. The molecule has 0 spiro atoms. The van der Waals surface area contributed by atoms with Crippen LogP contribution < -0.4 is 4.74 Å². The molecule has 0 unspecified atom stereocenters. The van der Waals surface area contributed by atoms with E-state index in [0.717, 1.165) is 25.9 Å². The van der Waals surface area contributed by atoms with E-state index in [1.54, 1.807) is 18.2 Å². The van der Waals surface area contributed by atoms with Gasteiger partial charge in [0.15, 0.2) is 0 Å². The zero-order valence-electron chi connectivity index (χ0n) is 14.6. The molecule has 0 radical (unpaired) electrons. The number of likely N-dealkylation sites (tertiary alicyclic amines) is 1. The Balaban J connectivity index is 1.45. The number of hydrogen-bond acceptors (Lipinski definition) is 4. The molecule has 0 amide bonds. The maximum Gasteiger partial charge on any atom is 0.138 e. The standard InChI is InChI=1S/C21H23ClN2O2/c22-20-7-4-8-21(19(20)12-23)26-15-18(25)14-24-10-9-17(13-24)11-16-5-2-1-3-6-16/h1-8,17-18,25H,9-11,13-15H2/t17-,18-/m1/s1. The summed E-state index contributed by atoms with van der Waals surface area (Å²) < 4.78 is 5.62. The normalized spacial score (nSPS) is 18.4. The SMILES string of the molecule is N#Cc1c(Cl)cccc1OC[C@H](O)CN1CC[C@H](Cc2ccccc2)C1. The second-order valence-electron chi connectivity index (χ2n) is 6.79. The van der Waals surface area contributed by atoms with Gasteiger partial charge in [-0.1, -0.05) is 48.0 Å². The molecule has 0 bridgehead atoms. The summed E-state index contributed by atoms with van der Waals surface area (Å²) >= 11 is 5.99. The van der Waals surface area contributed by atoms with E-state index in [1.807, 2.05) is 12.1 Å². The summed E-state index contributed by atoms with van der Waals surface area (Å²) in [6.45, 7) is 2.71. The fourth-order valence-electron chi connectivity index (χ4n) is 3.46. The van der Waals surface area contributed by atoms with E-state index >= 15 is 0 Å². The Morgan fingerprint density at radius 2 is 2.04 bits per heavy atom. The molecule has 1 heterocycles. The second-order valence-corrected chi connectivity index (χ2v) is 7.20. The van der Waals surface area contributed by atoms with Gasteiger partial charge in [0.05, 0.1) is 5.02 Å². The Hall–Kier alpha value is -2.06. The Morgan fingerprint density at radius 3 is 2.81 bits per heavy atom. The van der Waals surface area contributed by atoms with Gasteiger partial charge < -0.3 is 14.7 Å². The van der Waals surface area contributed by atoms with Gasteiger partial charge in [0.25, 0.3) is 0 Å². The third kappa shape index (κ3) is 4.98. The lowest BCUT2D eigenvalue weighted by Gasteiger charge is -2.20. The highest BCUT2D eigenvalue weighted by Gasteiger charge is 2.24. The first-order valence-electron chi connectivity index (χ1n) is 8.91. The van der Waals surface area contributed by atoms with Gasteiger partial charge in [0.2, 0.25) is 0 Å². The smallest absolute Gasteiger partial charge is 0.138 e. The molecule has 0 aromatic heterocycles. The van der Waals surface area contributed by atoms with Crippen LogP contribution in [0.4, 0.5) is 0 Å². The molecule has 1 aliphatic rings. The highest BCUT2D eigenvalue weighted by molar-refractivity contribution is 6.31. The van der Waals surface area contributed by atoms with E-state index < -0.39 is 6.10 Å². The lowest BCUT2D eigenvalue weighted by atomic mass is 9.99. The van der Waals surface area contributed by atoms with E-state index in [0.29, 0.717) is 28.8 Å². The van der Waals surface area contributed by atoms with Crippen molar-refractivity contribution in [3.8, 4) is 11.8 Å². The molecule has 0 aliphatic carbocycles. The van der Waals surface area contributed by atoms with Gasteiger partial charge in [-0.15, -0.1) is 0 Å². The first-order valence-corrected chi connectivity index (χ1v) is 9.29. The molecule has 1 N–H and O–H groups in total. The van der Waals surface area contributed by atoms with Gasteiger partial charge in [-0.3, -0.25) is 0 Å². The Kier molecular flexibility index (Phi) is 6.51. The summed E-state index contributed by atoms with van der Waals surface area (Å²) in [5.41, 5.74) is 1.68. The maximum absolute atomic E-state index is 10.3. The quantitative estimate of drug-likeness (QED) is 0.810. The molecule has 1 aliphatic heterocycles. The number of rotatable bonds is 7. The lowest BCUT2D eigenvalue weighted by Crippen LogP contribution is -2.34. The van der Waals surface area contributed by atoms with Crippen LogP contribution in [0.2, 0.25) is 5.02 Å². The highest BCUT2D eigenvalue weighted by Crippen LogP contribution is 2.26. The number of nitriles is 1. The van der Waals surface area contributed by atoms with Crippen LogP contribution in [0.15, 0.2) is 48.5 Å². The zero-order valence-corrected chi connectivity index (χ0v) is 15.4. The summed E-state index contributed by atoms with van der Waals surface area (Å²) in [5, 5.41) is 19.8. The number of nitrogens with zero attached hydrogens (tertiary/aromatic N) is 2. The molecule has 3 rings (SSSR count). The van der Waals surface area contributed by atoms with Crippen LogP contribution in [0.25, 0.3) is 0 Å². The molecule has 5 heteroatoms. The van der Waals surface area contributed by atoms with Gasteiger partial charge in [-0.25, -0.2) is 0 Å². The average molecular weight is 371 g/mol. The van der Waals surface area contributed by atoms with Crippen LogP contribution in [0, 0.1) is 17.2 Å². The van der Waals surface area contributed by atoms with Crippen LogP contribution in [0.3, 0.4) is 0 Å². The van der Waals surface area contributed by atoms with Crippen LogP contribution >= 0.6 is 11.6 Å². The van der Waals surface area contributed by atoms with Gasteiger partial charge in [0.1, 0.15) is 30.1 Å². The van der Waals surface area contributed by atoms with Gasteiger partial charge in [0, 0.05) is 13.1 Å². The van der Waals surface area contributed by atoms with Gasteiger partial charge in [-0.2, -0.15) is 5.26 Å². The molecule has 1 fully saturated rings. The van der Waals surface area contributed by atoms with E-state index in [-0.39, 0.29) is 6.61 Å². The topological polar surface area (TPSA) is 56.5 Å². The van der Waals surface area contributed by atoms with Crippen molar-refractivity contribution >= 4 is 11.6 Å². The molecule has 2 atom stereocenters. The summed E-state index contributed by atoms with van der Waals surface area (Å²) in [7, 11) is 0. The minimum atomic E-state index is -0.601. The number of aliphatic hydroxyl groups excluding tert-OH is 1. The molecule has 1 saturated heterocycles. The minimum Gasteiger partial charge on any atom is -0.489 e. The fraction of sp³-hybridized carbons (Fsp3) is 0.381. The molecular weight excluding hydrogens is 348 g/mol. The number of aliphatic hydroxyl groups is 1. The summed E-state index contributed by atoms with van der Waals surface area (Å²) in [6, 6.07) is 17.7. The van der Waals surface area contributed by atoms with Crippen LogP contribution in [0.5, 0.6) is 5.75 Å². The number of benzene rings is 2. The number of hydrogen-bond donors (Lipinski definition) is 1. The molecular formula is C21H23ClN2O2. The maximum atomic E-state index is 10.3. The molecule has 0 saturated carbocycles. The zero-order chi connectivity index (χ0) is 18.4. The van der Waals surface area contributed by atoms with Gasteiger partial charge >= 0.3 is 0 Å². The van der Waals surface area contributed by atoms with Crippen molar-refractivity contribution in [2.24, 2.45) is 5.92 Å². The van der Waals surface area contributed by atoms with Crippen molar-refractivity contribution in [2.45, 2.75) is 18.9 Å². The van der Waals surface area contributed by atoms with E-state index in [9.17, 15) is 5.11 Å². The Labute approximate surface area is 159 Å². The van der Waals surface area contributed by atoms with Crippen molar-refractivity contribution in [3.05, 3.63) is 64.7 Å². The van der Waals surface area contributed by atoms with Crippen LogP contribution in [-0.4, -0.2) is 42.4 Å². The van der Waals surface area contributed by atoms with Crippen molar-refractivity contribution in [2.75, 3.05) is 26.2 Å². The number of halogens is 1. The fourth-order valence-corrected chi connectivity index (χ4v) is 3.67. The van der Waals surface area contributed by atoms with Crippen molar-refractivity contribution < 1.29 is 9.84 Å². The molecule has 26 heavy (non-hydrogen) atoms.